The predicted octanol–water partition coefficient (Wildman–Crippen LogP) is 3.04. The molecule has 0 saturated heterocycles. The first-order valence-corrected chi connectivity index (χ1v) is 5.96. The third-order valence-corrected chi connectivity index (χ3v) is 2.78. The first kappa shape index (κ1) is 16.2. The van der Waals surface area contributed by atoms with Crippen molar-refractivity contribution in [2.45, 2.75) is 19.5 Å². The third kappa shape index (κ3) is 4.37. The highest BCUT2D eigenvalue weighted by Crippen LogP contribution is 2.37. The van der Waals surface area contributed by atoms with E-state index in [9.17, 15) is 23.3 Å². The molecule has 1 aromatic rings. The summed E-state index contributed by atoms with van der Waals surface area (Å²) in [5.74, 6) is -0.0173. The first-order chi connectivity index (χ1) is 9.25. The lowest BCUT2D eigenvalue weighted by molar-refractivity contribution is -0.385. The second-order valence-corrected chi connectivity index (χ2v) is 4.48. The zero-order valence-electron chi connectivity index (χ0n) is 10.8. The Balaban J connectivity index is 2.98. The maximum Gasteiger partial charge on any atom is 0.418 e. The van der Waals surface area contributed by atoms with Gasteiger partial charge in [-0.05, 0) is 18.4 Å². The van der Waals surface area contributed by atoms with Crippen LogP contribution in [0.3, 0.4) is 0 Å². The van der Waals surface area contributed by atoms with Crippen LogP contribution in [0.4, 0.5) is 24.5 Å². The van der Waals surface area contributed by atoms with E-state index < -0.39 is 22.4 Å². The highest BCUT2D eigenvalue weighted by atomic mass is 19.4. The van der Waals surface area contributed by atoms with Crippen LogP contribution in [0, 0.1) is 16.0 Å². The molecular weight excluding hydrogens is 277 g/mol. The van der Waals surface area contributed by atoms with Gasteiger partial charge in [-0.3, -0.25) is 10.1 Å². The summed E-state index contributed by atoms with van der Waals surface area (Å²) in [7, 11) is 0. The third-order valence-electron chi connectivity index (χ3n) is 2.78. The van der Waals surface area contributed by atoms with E-state index in [0.717, 1.165) is 12.1 Å². The van der Waals surface area contributed by atoms with E-state index in [1.807, 2.05) is 0 Å². The largest absolute Gasteiger partial charge is 0.418 e. The van der Waals surface area contributed by atoms with Gasteiger partial charge in [-0.2, -0.15) is 13.2 Å². The van der Waals surface area contributed by atoms with Gasteiger partial charge in [0.25, 0.3) is 5.69 Å². The van der Waals surface area contributed by atoms with Crippen LogP contribution in [0.1, 0.15) is 18.9 Å². The van der Waals surface area contributed by atoms with E-state index in [2.05, 4.69) is 5.32 Å². The molecule has 8 heteroatoms. The second kappa shape index (κ2) is 6.56. The summed E-state index contributed by atoms with van der Waals surface area (Å²) in [5.41, 5.74) is -1.87. The molecule has 0 saturated carbocycles. The minimum absolute atomic E-state index is 0.0173. The Kier molecular flexibility index (Phi) is 5.32. The van der Waals surface area contributed by atoms with Gasteiger partial charge in [0.05, 0.1) is 10.5 Å². The highest BCUT2D eigenvalue weighted by Gasteiger charge is 2.35. The molecule has 20 heavy (non-hydrogen) atoms. The number of non-ortho nitro benzene ring substituents is 1. The van der Waals surface area contributed by atoms with Crippen LogP contribution >= 0.6 is 0 Å². The molecule has 1 atom stereocenters. The molecule has 1 unspecified atom stereocenters. The Labute approximate surface area is 113 Å². The average Bonchev–Trinajstić information content (AvgIpc) is 2.35. The number of alkyl halides is 3. The Morgan fingerprint density at radius 1 is 1.45 bits per heavy atom. The Morgan fingerprint density at radius 2 is 2.10 bits per heavy atom. The number of anilines is 1. The molecule has 0 radical (unpaired) electrons. The van der Waals surface area contributed by atoms with Crippen molar-refractivity contribution >= 4 is 11.4 Å². The van der Waals surface area contributed by atoms with E-state index in [-0.39, 0.29) is 24.8 Å². The van der Waals surface area contributed by atoms with Crippen LogP contribution in [-0.4, -0.2) is 23.2 Å². The van der Waals surface area contributed by atoms with E-state index in [0.29, 0.717) is 12.5 Å². The minimum atomic E-state index is -4.67. The minimum Gasteiger partial charge on any atom is -0.396 e. The van der Waals surface area contributed by atoms with Crippen molar-refractivity contribution in [3.05, 3.63) is 33.9 Å². The monoisotopic (exact) mass is 292 g/mol. The Morgan fingerprint density at radius 3 is 2.60 bits per heavy atom. The number of aliphatic hydroxyl groups is 1. The van der Waals surface area contributed by atoms with E-state index in [4.69, 9.17) is 5.11 Å². The van der Waals surface area contributed by atoms with Crippen LogP contribution in [0.15, 0.2) is 18.2 Å². The van der Waals surface area contributed by atoms with Crippen LogP contribution < -0.4 is 5.32 Å². The number of benzene rings is 1. The fraction of sp³-hybridized carbons (Fsp3) is 0.500. The molecule has 5 nitrogen and oxygen atoms in total. The molecule has 0 fully saturated rings. The van der Waals surface area contributed by atoms with Gasteiger partial charge in [0.15, 0.2) is 0 Å². The summed E-state index contributed by atoms with van der Waals surface area (Å²) in [4.78, 5) is 9.67. The number of rotatable bonds is 6. The molecule has 0 amide bonds. The molecule has 0 aliphatic carbocycles. The lowest BCUT2D eigenvalue weighted by Crippen LogP contribution is -2.16. The number of aliphatic hydroxyl groups excluding tert-OH is 1. The van der Waals surface area contributed by atoms with E-state index in [1.165, 1.54) is 0 Å². The van der Waals surface area contributed by atoms with Crippen molar-refractivity contribution in [1.29, 1.82) is 0 Å². The lowest BCUT2D eigenvalue weighted by Gasteiger charge is -2.17. The van der Waals surface area contributed by atoms with Crippen LogP contribution in [0.5, 0.6) is 0 Å². The maximum atomic E-state index is 12.9. The average molecular weight is 292 g/mol. The molecule has 112 valence electrons. The molecule has 0 aromatic heterocycles. The summed E-state index contributed by atoms with van der Waals surface area (Å²) in [6.45, 7) is 1.97. The summed E-state index contributed by atoms with van der Waals surface area (Å²) in [5, 5.41) is 21.9. The molecule has 0 aliphatic rings. The quantitative estimate of drug-likeness (QED) is 0.624. The van der Waals surface area contributed by atoms with Gasteiger partial charge in [-0.25, -0.2) is 0 Å². The molecular formula is C12H15F3N2O3. The fourth-order valence-corrected chi connectivity index (χ4v) is 1.64. The van der Waals surface area contributed by atoms with Gasteiger partial charge in [0.2, 0.25) is 0 Å². The summed E-state index contributed by atoms with van der Waals surface area (Å²) in [6.07, 6.45) is -4.21. The van der Waals surface area contributed by atoms with Gasteiger partial charge in [-0.15, -0.1) is 0 Å². The number of hydrogen-bond donors (Lipinski definition) is 2. The number of nitrogens with one attached hydrogen (secondary N) is 1. The number of hydrogen-bond acceptors (Lipinski definition) is 4. The van der Waals surface area contributed by atoms with E-state index in [1.54, 1.807) is 6.92 Å². The molecule has 0 aliphatic heterocycles. The predicted molar refractivity (Wildman–Crippen MR) is 67.5 cm³/mol. The van der Waals surface area contributed by atoms with Crippen molar-refractivity contribution in [2.24, 2.45) is 5.92 Å². The van der Waals surface area contributed by atoms with Crippen LogP contribution in [0.25, 0.3) is 0 Å². The SMILES string of the molecule is CC(CCO)CNc1ccc([N+](=O)[O-])cc1C(F)(F)F. The smallest absolute Gasteiger partial charge is 0.396 e. The van der Waals surface area contributed by atoms with Crippen molar-refractivity contribution in [3.63, 3.8) is 0 Å². The van der Waals surface area contributed by atoms with Gasteiger partial charge in [0, 0.05) is 31.0 Å². The molecule has 0 heterocycles. The highest BCUT2D eigenvalue weighted by molar-refractivity contribution is 5.57. The van der Waals surface area contributed by atoms with Crippen LogP contribution in [0.2, 0.25) is 0 Å². The van der Waals surface area contributed by atoms with Crippen molar-refractivity contribution < 1.29 is 23.2 Å². The Hall–Kier alpha value is -1.83. The fourth-order valence-electron chi connectivity index (χ4n) is 1.64. The molecule has 1 rings (SSSR count). The summed E-state index contributed by atoms with van der Waals surface area (Å²) in [6, 6.07) is 2.58. The number of nitro benzene ring substituents is 1. The molecule has 0 spiro atoms. The van der Waals surface area contributed by atoms with Gasteiger partial charge in [-0.1, -0.05) is 6.92 Å². The summed E-state index contributed by atoms with van der Waals surface area (Å²) < 4.78 is 38.6. The maximum absolute atomic E-state index is 12.9. The molecule has 2 N–H and O–H groups in total. The molecule has 0 bridgehead atoms. The van der Waals surface area contributed by atoms with Gasteiger partial charge >= 0.3 is 6.18 Å². The van der Waals surface area contributed by atoms with Gasteiger partial charge < -0.3 is 10.4 Å². The van der Waals surface area contributed by atoms with Crippen molar-refractivity contribution in [3.8, 4) is 0 Å². The van der Waals surface area contributed by atoms with Crippen molar-refractivity contribution in [2.75, 3.05) is 18.5 Å². The molecule has 1 aromatic carbocycles. The number of halogens is 3. The van der Waals surface area contributed by atoms with Gasteiger partial charge in [0.1, 0.15) is 0 Å². The van der Waals surface area contributed by atoms with E-state index >= 15 is 0 Å². The standard InChI is InChI=1S/C12H15F3N2O3/c1-8(4-5-18)7-16-11-3-2-9(17(19)20)6-10(11)12(13,14)15/h2-3,6,8,16,18H,4-5,7H2,1H3. The second-order valence-electron chi connectivity index (χ2n) is 4.48. The van der Waals surface area contributed by atoms with Crippen LogP contribution in [-0.2, 0) is 6.18 Å². The van der Waals surface area contributed by atoms with Crippen molar-refractivity contribution in [1.82, 2.24) is 0 Å². The lowest BCUT2D eigenvalue weighted by atomic mass is 10.1. The summed E-state index contributed by atoms with van der Waals surface area (Å²) >= 11 is 0. The normalized spacial score (nSPS) is 13.1. The Bertz CT molecular complexity index is 478. The topological polar surface area (TPSA) is 75.4 Å². The number of nitrogens with zero attached hydrogens (tertiary/aromatic N) is 1. The zero-order chi connectivity index (χ0) is 15.3. The zero-order valence-corrected chi connectivity index (χ0v) is 10.8. The number of nitro groups is 1. The first-order valence-electron chi connectivity index (χ1n) is 5.96.